The molecule has 2 aliphatic rings. The first-order valence-corrected chi connectivity index (χ1v) is 9.59. The number of rotatable bonds is 4. The van der Waals surface area contributed by atoms with E-state index in [0.29, 0.717) is 18.9 Å². The van der Waals surface area contributed by atoms with E-state index >= 15 is 0 Å². The first kappa shape index (κ1) is 17.0. The zero-order valence-electron chi connectivity index (χ0n) is 14.1. The van der Waals surface area contributed by atoms with E-state index in [-0.39, 0.29) is 5.91 Å². The average Bonchev–Trinajstić information content (AvgIpc) is 3.17. The second-order valence-electron chi connectivity index (χ2n) is 6.22. The number of thiazole rings is 1. The summed E-state index contributed by atoms with van der Waals surface area (Å²) < 4.78 is 0. The molecule has 0 aliphatic carbocycles. The van der Waals surface area contributed by atoms with Crippen LogP contribution in [-0.4, -0.2) is 72.5 Å². The third-order valence-electron chi connectivity index (χ3n) is 4.60. The smallest absolute Gasteiger partial charge is 0.224 e. The molecule has 0 spiro atoms. The van der Waals surface area contributed by atoms with E-state index in [0.717, 1.165) is 57.2 Å². The van der Waals surface area contributed by atoms with Gasteiger partial charge in [0.1, 0.15) is 0 Å². The first-order valence-electron chi connectivity index (χ1n) is 8.71. The van der Waals surface area contributed by atoms with Gasteiger partial charge in [0.05, 0.1) is 6.54 Å². The van der Waals surface area contributed by atoms with Crippen LogP contribution < -0.4 is 10.6 Å². The summed E-state index contributed by atoms with van der Waals surface area (Å²) in [6.07, 6.45) is 5.78. The lowest BCUT2D eigenvalue weighted by molar-refractivity contribution is -0.131. The standard InChI is InChI=1S/C16H26N6OS/c17-15(18-5-4-14(23)20-7-2-1-3-8-20)21-9-11-22(12-10-21)16-19-6-13-24-16/h6,13H,1-5,7-12H2,(H2,17,18). The number of nitrogens with zero attached hydrogens (tertiary/aromatic N) is 5. The minimum absolute atomic E-state index is 0.208. The number of piperazine rings is 1. The maximum atomic E-state index is 12.1. The van der Waals surface area contributed by atoms with Crippen molar-refractivity contribution in [2.75, 3.05) is 50.7 Å². The van der Waals surface area contributed by atoms with Gasteiger partial charge in [-0.15, -0.1) is 11.3 Å². The van der Waals surface area contributed by atoms with Crippen molar-refractivity contribution in [3.05, 3.63) is 11.6 Å². The Hall–Kier alpha value is -1.83. The predicted octanol–water partition coefficient (Wildman–Crippen LogP) is 0.982. The molecule has 2 fully saturated rings. The topological polar surface area (TPSA) is 78.1 Å². The average molecular weight is 350 g/mol. The number of amides is 1. The summed E-state index contributed by atoms with van der Waals surface area (Å²) >= 11 is 1.66. The van der Waals surface area contributed by atoms with Crippen LogP contribution in [0, 0.1) is 0 Å². The van der Waals surface area contributed by atoms with Crippen molar-refractivity contribution in [3.8, 4) is 0 Å². The Balaban J connectivity index is 1.40. The number of likely N-dealkylation sites (tertiary alicyclic amines) is 1. The van der Waals surface area contributed by atoms with Gasteiger partial charge in [0.15, 0.2) is 11.1 Å². The highest BCUT2D eigenvalue weighted by Gasteiger charge is 2.20. The molecule has 2 N–H and O–H groups in total. The van der Waals surface area contributed by atoms with Gasteiger partial charge < -0.3 is 20.4 Å². The maximum Gasteiger partial charge on any atom is 0.224 e. The van der Waals surface area contributed by atoms with Crippen molar-refractivity contribution >= 4 is 28.3 Å². The molecule has 8 heteroatoms. The minimum atomic E-state index is 0.208. The molecule has 0 aromatic carbocycles. The molecule has 1 aromatic heterocycles. The van der Waals surface area contributed by atoms with Crippen molar-refractivity contribution in [2.24, 2.45) is 10.7 Å². The van der Waals surface area contributed by atoms with E-state index in [4.69, 9.17) is 5.73 Å². The normalized spacial score (nSPS) is 19.7. The molecule has 3 heterocycles. The highest BCUT2D eigenvalue weighted by atomic mass is 32.1. The SMILES string of the molecule is NC(=NCCC(=O)N1CCCCC1)N1CCN(c2nccs2)CC1. The van der Waals surface area contributed by atoms with Gasteiger partial charge in [-0.25, -0.2) is 4.98 Å². The number of hydrogen-bond acceptors (Lipinski definition) is 5. The summed E-state index contributed by atoms with van der Waals surface area (Å²) in [5, 5.41) is 3.06. The number of carbonyl (C=O) groups is 1. The van der Waals surface area contributed by atoms with Crippen LogP contribution >= 0.6 is 11.3 Å². The van der Waals surface area contributed by atoms with Crippen molar-refractivity contribution in [1.29, 1.82) is 0 Å². The Bertz CT molecular complexity index is 547. The Morgan fingerprint density at radius 1 is 1.12 bits per heavy atom. The lowest BCUT2D eigenvalue weighted by Gasteiger charge is -2.35. The summed E-state index contributed by atoms with van der Waals surface area (Å²) in [4.78, 5) is 27.2. The third-order valence-corrected chi connectivity index (χ3v) is 5.43. The quantitative estimate of drug-likeness (QED) is 0.647. The molecular weight excluding hydrogens is 324 g/mol. The molecular formula is C16H26N6OS. The zero-order valence-corrected chi connectivity index (χ0v) is 14.9. The third kappa shape index (κ3) is 4.37. The van der Waals surface area contributed by atoms with E-state index in [1.165, 1.54) is 6.42 Å². The van der Waals surface area contributed by atoms with Gasteiger partial charge in [0, 0.05) is 57.3 Å². The molecule has 2 saturated heterocycles. The molecule has 132 valence electrons. The molecule has 0 unspecified atom stereocenters. The van der Waals surface area contributed by atoms with Crippen LogP contribution in [0.25, 0.3) is 0 Å². The molecule has 0 bridgehead atoms. The van der Waals surface area contributed by atoms with Gasteiger partial charge in [-0.05, 0) is 19.3 Å². The number of carbonyl (C=O) groups excluding carboxylic acids is 1. The van der Waals surface area contributed by atoms with E-state index in [1.807, 2.05) is 16.5 Å². The number of piperidine rings is 1. The Labute approximate surface area is 147 Å². The molecule has 24 heavy (non-hydrogen) atoms. The summed E-state index contributed by atoms with van der Waals surface area (Å²) in [5.74, 6) is 0.764. The molecule has 0 radical (unpaired) electrons. The highest BCUT2D eigenvalue weighted by molar-refractivity contribution is 7.13. The fourth-order valence-electron chi connectivity index (χ4n) is 3.17. The van der Waals surface area contributed by atoms with Gasteiger partial charge in [-0.3, -0.25) is 9.79 Å². The molecule has 1 aromatic rings. The van der Waals surface area contributed by atoms with Crippen LogP contribution in [-0.2, 0) is 4.79 Å². The van der Waals surface area contributed by atoms with Gasteiger partial charge in [0.25, 0.3) is 0 Å². The van der Waals surface area contributed by atoms with E-state index < -0.39 is 0 Å². The van der Waals surface area contributed by atoms with E-state index in [1.54, 1.807) is 11.3 Å². The first-order chi connectivity index (χ1) is 11.7. The van der Waals surface area contributed by atoms with Crippen molar-refractivity contribution in [2.45, 2.75) is 25.7 Å². The van der Waals surface area contributed by atoms with Gasteiger partial charge in [-0.1, -0.05) is 0 Å². The Morgan fingerprint density at radius 2 is 1.88 bits per heavy atom. The van der Waals surface area contributed by atoms with E-state index in [2.05, 4.69) is 19.8 Å². The van der Waals surface area contributed by atoms with Crippen molar-refractivity contribution < 1.29 is 4.79 Å². The number of anilines is 1. The largest absolute Gasteiger partial charge is 0.370 e. The number of guanidine groups is 1. The summed E-state index contributed by atoms with van der Waals surface area (Å²) in [7, 11) is 0. The second kappa shape index (κ2) is 8.32. The summed E-state index contributed by atoms with van der Waals surface area (Å²) in [5.41, 5.74) is 6.10. The maximum absolute atomic E-state index is 12.1. The van der Waals surface area contributed by atoms with Crippen LogP contribution in [0.5, 0.6) is 0 Å². The Kier molecular flexibility index (Phi) is 5.90. The number of aromatic nitrogens is 1. The van der Waals surface area contributed by atoms with Crippen molar-refractivity contribution in [1.82, 2.24) is 14.8 Å². The number of aliphatic imine (C=N–C) groups is 1. The summed E-state index contributed by atoms with van der Waals surface area (Å²) in [6, 6.07) is 0. The minimum Gasteiger partial charge on any atom is -0.370 e. The molecule has 0 atom stereocenters. The Morgan fingerprint density at radius 3 is 2.54 bits per heavy atom. The monoisotopic (exact) mass is 350 g/mol. The van der Waals surface area contributed by atoms with E-state index in [9.17, 15) is 4.79 Å². The van der Waals surface area contributed by atoms with Gasteiger partial charge in [0.2, 0.25) is 5.91 Å². The van der Waals surface area contributed by atoms with Gasteiger partial charge >= 0.3 is 0 Å². The zero-order chi connectivity index (χ0) is 16.8. The predicted molar refractivity (Wildman–Crippen MR) is 97.4 cm³/mol. The van der Waals surface area contributed by atoms with Crippen LogP contribution in [0.2, 0.25) is 0 Å². The van der Waals surface area contributed by atoms with Gasteiger partial charge in [-0.2, -0.15) is 0 Å². The molecule has 7 nitrogen and oxygen atoms in total. The molecule has 0 saturated carbocycles. The van der Waals surface area contributed by atoms with Crippen LogP contribution in [0.1, 0.15) is 25.7 Å². The molecule has 3 rings (SSSR count). The fourth-order valence-corrected chi connectivity index (χ4v) is 3.86. The molecule has 2 aliphatic heterocycles. The van der Waals surface area contributed by atoms with Crippen LogP contribution in [0.4, 0.5) is 5.13 Å². The number of nitrogens with two attached hydrogens (primary N) is 1. The highest BCUT2D eigenvalue weighted by Crippen LogP contribution is 2.18. The molecule has 1 amide bonds. The fraction of sp³-hybridized carbons (Fsp3) is 0.688. The van der Waals surface area contributed by atoms with Crippen LogP contribution in [0.15, 0.2) is 16.6 Å². The lowest BCUT2D eigenvalue weighted by atomic mass is 10.1. The number of hydrogen-bond donors (Lipinski definition) is 1. The second-order valence-corrected chi connectivity index (χ2v) is 7.09. The van der Waals surface area contributed by atoms with Crippen LogP contribution in [0.3, 0.4) is 0 Å². The lowest BCUT2D eigenvalue weighted by Crippen LogP contribution is -2.51. The van der Waals surface area contributed by atoms with Crippen molar-refractivity contribution in [3.63, 3.8) is 0 Å². The summed E-state index contributed by atoms with van der Waals surface area (Å²) in [6.45, 7) is 5.76.